The second-order valence-corrected chi connectivity index (χ2v) is 3.57. The Hall–Kier alpha value is -0.890. The van der Waals surface area contributed by atoms with Crippen LogP contribution >= 0.6 is 0 Å². The van der Waals surface area contributed by atoms with Crippen molar-refractivity contribution in [3.05, 3.63) is 30.1 Å². The van der Waals surface area contributed by atoms with Gasteiger partial charge in [-0.05, 0) is 37.1 Å². The van der Waals surface area contributed by atoms with Gasteiger partial charge in [0.2, 0.25) is 0 Å². The summed E-state index contributed by atoms with van der Waals surface area (Å²) < 4.78 is 0. The smallest absolute Gasteiger partial charge is 0.0270 e. The monoisotopic (exact) mass is 178 g/mol. The van der Waals surface area contributed by atoms with Crippen LogP contribution in [0.5, 0.6) is 0 Å². The molecule has 1 N–H and O–H groups in total. The fourth-order valence-corrected chi connectivity index (χ4v) is 1.23. The first kappa shape index (κ1) is 10.2. The molecule has 0 spiro atoms. The second-order valence-electron chi connectivity index (χ2n) is 3.57. The Balaban J connectivity index is 2.13. The number of hydrogen-bond donors (Lipinski definition) is 1. The van der Waals surface area contributed by atoms with Gasteiger partial charge < -0.3 is 5.32 Å². The lowest BCUT2D eigenvalue weighted by atomic mass is 10.1. The van der Waals surface area contributed by atoms with E-state index >= 15 is 0 Å². The van der Waals surface area contributed by atoms with Crippen LogP contribution in [-0.2, 0) is 6.42 Å². The largest absolute Gasteiger partial charge is 0.315 e. The summed E-state index contributed by atoms with van der Waals surface area (Å²) in [6.07, 6.45) is 6.04. The van der Waals surface area contributed by atoms with Crippen molar-refractivity contribution in [2.75, 3.05) is 6.54 Å². The molecule has 0 bridgehead atoms. The Morgan fingerprint density at radius 2 is 2.00 bits per heavy atom. The predicted octanol–water partition coefficient (Wildman–Crippen LogP) is 2.01. The van der Waals surface area contributed by atoms with Crippen molar-refractivity contribution in [1.29, 1.82) is 0 Å². The first-order valence-electron chi connectivity index (χ1n) is 4.91. The van der Waals surface area contributed by atoms with E-state index in [1.807, 2.05) is 12.4 Å². The molecule has 1 aromatic rings. The zero-order valence-electron chi connectivity index (χ0n) is 8.46. The Labute approximate surface area is 80.4 Å². The van der Waals surface area contributed by atoms with E-state index in [1.54, 1.807) is 0 Å². The predicted molar refractivity (Wildman–Crippen MR) is 55.7 cm³/mol. The summed E-state index contributed by atoms with van der Waals surface area (Å²) in [7, 11) is 0. The van der Waals surface area contributed by atoms with E-state index in [-0.39, 0.29) is 0 Å². The molecule has 0 aromatic carbocycles. The number of rotatable bonds is 5. The topological polar surface area (TPSA) is 24.9 Å². The fourth-order valence-electron chi connectivity index (χ4n) is 1.23. The maximum atomic E-state index is 3.99. The van der Waals surface area contributed by atoms with E-state index in [0.29, 0.717) is 6.04 Å². The Morgan fingerprint density at radius 1 is 1.31 bits per heavy atom. The van der Waals surface area contributed by atoms with Gasteiger partial charge in [0, 0.05) is 18.4 Å². The number of hydrogen-bond acceptors (Lipinski definition) is 2. The summed E-state index contributed by atoms with van der Waals surface area (Å²) in [4.78, 5) is 3.99. The van der Waals surface area contributed by atoms with Crippen LogP contribution in [0.3, 0.4) is 0 Å². The standard InChI is InChI=1S/C11H18N2/c1-10(2)13-7-3-4-11-5-8-12-9-6-11/h5-6,8-10,13H,3-4,7H2,1-2H3. The van der Waals surface area contributed by atoms with Gasteiger partial charge >= 0.3 is 0 Å². The van der Waals surface area contributed by atoms with Crippen molar-refractivity contribution in [3.8, 4) is 0 Å². The third kappa shape index (κ3) is 4.63. The lowest BCUT2D eigenvalue weighted by Crippen LogP contribution is -2.23. The van der Waals surface area contributed by atoms with Gasteiger partial charge in [0.25, 0.3) is 0 Å². The van der Waals surface area contributed by atoms with Crippen molar-refractivity contribution in [1.82, 2.24) is 10.3 Å². The summed E-state index contributed by atoms with van der Waals surface area (Å²) >= 11 is 0. The molecule has 0 aliphatic heterocycles. The molecule has 0 saturated carbocycles. The molecule has 0 unspecified atom stereocenters. The van der Waals surface area contributed by atoms with Crippen molar-refractivity contribution < 1.29 is 0 Å². The summed E-state index contributed by atoms with van der Waals surface area (Å²) in [6, 6.07) is 4.75. The average molecular weight is 178 g/mol. The van der Waals surface area contributed by atoms with Gasteiger partial charge in [0.15, 0.2) is 0 Å². The minimum Gasteiger partial charge on any atom is -0.315 e. The van der Waals surface area contributed by atoms with E-state index < -0.39 is 0 Å². The van der Waals surface area contributed by atoms with Crippen LogP contribution in [0.1, 0.15) is 25.8 Å². The number of pyridine rings is 1. The molecule has 72 valence electrons. The molecule has 0 fully saturated rings. The highest BCUT2D eigenvalue weighted by atomic mass is 14.9. The number of nitrogens with one attached hydrogen (secondary N) is 1. The van der Waals surface area contributed by atoms with Crippen LogP contribution in [0.25, 0.3) is 0 Å². The van der Waals surface area contributed by atoms with Crippen molar-refractivity contribution in [2.24, 2.45) is 0 Å². The molecular formula is C11H18N2. The van der Waals surface area contributed by atoms with E-state index in [1.165, 1.54) is 12.0 Å². The summed E-state index contributed by atoms with van der Waals surface area (Å²) in [6.45, 7) is 5.44. The maximum Gasteiger partial charge on any atom is 0.0270 e. The molecule has 13 heavy (non-hydrogen) atoms. The highest BCUT2D eigenvalue weighted by molar-refractivity contribution is 5.09. The maximum absolute atomic E-state index is 3.99. The number of aromatic nitrogens is 1. The molecule has 0 aliphatic carbocycles. The van der Waals surface area contributed by atoms with Gasteiger partial charge in [-0.3, -0.25) is 4.98 Å². The van der Waals surface area contributed by atoms with Crippen LogP contribution in [0.2, 0.25) is 0 Å². The van der Waals surface area contributed by atoms with Gasteiger partial charge in [-0.25, -0.2) is 0 Å². The van der Waals surface area contributed by atoms with Gasteiger partial charge in [-0.15, -0.1) is 0 Å². The molecule has 0 aliphatic rings. The molecule has 0 saturated heterocycles. The molecule has 2 heteroatoms. The third-order valence-corrected chi connectivity index (χ3v) is 1.94. The highest BCUT2D eigenvalue weighted by Crippen LogP contribution is 1.99. The van der Waals surface area contributed by atoms with E-state index in [2.05, 4.69) is 36.3 Å². The van der Waals surface area contributed by atoms with Crippen LogP contribution in [0, 0.1) is 0 Å². The van der Waals surface area contributed by atoms with E-state index in [4.69, 9.17) is 0 Å². The zero-order chi connectivity index (χ0) is 9.52. The Bertz CT molecular complexity index is 219. The molecular weight excluding hydrogens is 160 g/mol. The normalized spacial score (nSPS) is 10.7. The Morgan fingerprint density at radius 3 is 2.62 bits per heavy atom. The minimum atomic E-state index is 0.595. The average Bonchev–Trinajstić information content (AvgIpc) is 2.14. The lowest BCUT2D eigenvalue weighted by molar-refractivity contribution is 0.570. The fraction of sp³-hybridized carbons (Fsp3) is 0.545. The number of nitrogens with zero attached hydrogens (tertiary/aromatic N) is 1. The van der Waals surface area contributed by atoms with Crippen LogP contribution in [0.4, 0.5) is 0 Å². The molecule has 0 radical (unpaired) electrons. The van der Waals surface area contributed by atoms with Crippen molar-refractivity contribution in [2.45, 2.75) is 32.7 Å². The molecule has 1 rings (SSSR count). The highest BCUT2D eigenvalue weighted by Gasteiger charge is 1.93. The lowest BCUT2D eigenvalue weighted by Gasteiger charge is -2.07. The molecule has 0 atom stereocenters. The van der Waals surface area contributed by atoms with E-state index in [0.717, 1.165) is 13.0 Å². The molecule has 2 nitrogen and oxygen atoms in total. The summed E-state index contributed by atoms with van der Waals surface area (Å²) in [5.74, 6) is 0. The first-order chi connectivity index (χ1) is 6.29. The summed E-state index contributed by atoms with van der Waals surface area (Å²) in [5.41, 5.74) is 1.38. The van der Waals surface area contributed by atoms with Crippen LogP contribution in [0.15, 0.2) is 24.5 Å². The molecule has 0 amide bonds. The van der Waals surface area contributed by atoms with E-state index in [9.17, 15) is 0 Å². The quantitative estimate of drug-likeness (QED) is 0.698. The first-order valence-corrected chi connectivity index (χ1v) is 4.91. The molecule has 1 heterocycles. The van der Waals surface area contributed by atoms with Gasteiger partial charge in [-0.2, -0.15) is 0 Å². The van der Waals surface area contributed by atoms with Crippen molar-refractivity contribution in [3.63, 3.8) is 0 Å². The van der Waals surface area contributed by atoms with Gasteiger partial charge in [0.05, 0.1) is 0 Å². The third-order valence-electron chi connectivity index (χ3n) is 1.94. The zero-order valence-corrected chi connectivity index (χ0v) is 8.46. The summed E-state index contributed by atoms with van der Waals surface area (Å²) in [5, 5.41) is 3.40. The van der Waals surface area contributed by atoms with Crippen LogP contribution in [-0.4, -0.2) is 17.6 Å². The van der Waals surface area contributed by atoms with Gasteiger partial charge in [0.1, 0.15) is 0 Å². The number of aryl methyl sites for hydroxylation is 1. The SMILES string of the molecule is CC(C)NCCCc1ccncc1. The Kier molecular flexibility index (Phi) is 4.47. The molecule has 1 aromatic heterocycles. The van der Waals surface area contributed by atoms with Crippen LogP contribution < -0.4 is 5.32 Å². The second kappa shape index (κ2) is 5.70. The minimum absolute atomic E-state index is 0.595. The van der Waals surface area contributed by atoms with Crippen molar-refractivity contribution >= 4 is 0 Å². The van der Waals surface area contributed by atoms with Gasteiger partial charge in [-0.1, -0.05) is 13.8 Å².